The predicted octanol–water partition coefficient (Wildman–Crippen LogP) is 2.18. The van der Waals surface area contributed by atoms with Gasteiger partial charge in [0, 0.05) is 41.5 Å². The molecule has 2 aliphatic rings. The summed E-state index contributed by atoms with van der Waals surface area (Å²) in [6, 6.07) is 5.66. The Hall–Kier alpha value is -1.01. The molecule has 0 radical (unpaired) electrons. The number of rotatable bonds is 1. The number of thiol groups is 1. The first kappa shape index (κ1) is 13.9. The lowest BCUT2D eigenvalue weighted by atomic mass is 10.1. The molecule has 3 rings (SSSR count). The van der Waals surface area contributed by atoms with Crippen molar-refractivity contribution in [1.82, 2.24) is 9.80 Å². The van der Waals surface area contributed by atoms with Crippen LogP contribution in [0.4, 0.5) is 0 Å². The molecule has 2 aliphatic heterocycles. The first-order valence-corrected chi connectivity index (χ1v) is 7.87. The first-order valence-electron chi connectivity index (χ1n) is 6.63. The van der Waals surface area contributed by atoms with Gasteiger partial charge in [-0.15, -0.1) is 12.6 Å². The molecule has 0 N–H and O–H groups in total. The summed E-state index contributed by atoms with van der Waals surface area (Å²) in [5.74, 6) is 0.229. The molecular formula is C14H15BrN2O2S. The minimum atomic E-state index is 0.00627. The Morgan fingerprint density at radius 1 is 1.35 bits per heavy atom. The zero-order valence-electron chi connectivity index (χ0n) is 10.9. The van der Waals surface area contributed by atoms with E-state index >= 15 is 0 Å². The van der Waals surface area contributed by atoms with Gasteiger partial charge in [-0.1, -0.05) is 0 Å². The van der Waals surface area contributed by atoms with Crippen LogP contribution in [0.1, 0.15) is 23.2 Å². The number of carbonyl (C=O) groups excluding carboxylic acids is 2. The zero-order chi connectivity index (χ0) is 14.3. The average molecular weight is 355 g/mol. The summed E-state index contributed by atoms with van der Waals surface area (Å²) in [6.07, 6.45) is 1.47. The van der Waals surface area contributed by atoms with Crippen molar-refractivity contribution < 1.29 is 9.59 Å². The van der Waals surface area contributed by atoms with Gasteiger partial charge in [0.05, 0.1) is 5.56 Å². The molecule has 4 nitrogen and oxygen atoms in total. The quantitative estimate of drug-likeness (QED) is 0.785. The number of carbonyl (C=O) groups is 2. The second-order valence-corrected chi connectivity index (χ2v) is 6.57. The Bertz CT molecular complexity index is 578. The minimum Gasteiger partial charge on any atom is -0.336 e. The summed E-state index contributed by atoms with van der Waals surface area (Å²) in [4.78, 5) is 28.8. The molecule has 20 heavy (non-hydrogen) atoms. The van der Waals surface area contributed by atoms with E-state index < -0.39 is 0 Å². The summed E-state index contributed by atoms with van der Waals surface area (Å²) in [7, 11) is 0. The molecule has 6 heteroatoms. The topological polar surface area (TPSA) is 40.6 Å². The summed E-state index contributed by atoms with van der Waals surface area (Å²) in [5, 5.41) is 0. The molecule has 0 aromatic heterocycles. The van der Waals surface area contributed by atoms with Gasteiger partial charge in [0.1, 0.15) is 0 Å². The highest BCUT2D eigenvalue weighted by atomic mass is 79.9. The van der Waals surface area contributed by atoms with Gasteiger partial charge in [-0.25, -0.2) is 0 Å². The van der Waals surface area contributed by atoms with Crippen LogP contribution in [0.25, 0.3) is 0 Å². The molecule has 2 amide bonds. The first-order chi connectivity index (χ1) is 9.56. The molecule has 0 bridgehead atoms. The number of hydrogen-bond donors (Lipinski definition) is 1. The predicted molar refractivity (Wildman–Crippen MR) is 82.0 cm³/mol. The van der Waals surface area contributed by atoms with Gasteiger partial charge in [0.2, 0.25) is 5.91 Å². The standard InChI is InChI=1S/C14H15BrN2O2S/c15-12-3-2-10(20)7-11(12)14(19)16-5-6-17-9(8-16)1-4-13(17)18/h2-3,7,9,20H,1,4-6,8H2. The highest BCUT2D eigenvalue weighted by Crippen LogP contribution is 2.26. The molecule has 1 unspecified atom stereocenters. The van der Waals surface area contributed by atoms with E-state index in [0.717, 1.165) is 15.8 Å². The highest BCUT2D eigenvalue weighted by molar-refractivity contribution is 9.10. The van der Waals surface area contributed by atoms with Crippen molar-refractivity contribution in [2.45, 2.75) is 23.8 Å². The van der Waals surface area contributed by atoms with Crippen molar-refractivity contribution in [3.05, 3.63) is 28.2 Å². The van der Waals surface area contributed by atoms with Crippen LogP contribution in [0.15, 0.2) is 27.6 Å². The molecule has 2 fully saturated rings. The van der Waals surface area contributed by atoms with Crippen molar-refractivity contribution in [2.24, 2.45) is 0 Å². The Balaban J connectivity index is 1.78. The normalized spacial score (nSPS) is 22.1. The largest absolute Gasteiger partial charge is 0.336 e. The molecule has 106 valence electrons. The number of fused-ring (bicyclic) bond motifs is 1. The van der Waals surface area contributed by atoms with Crippen LogP contribution in [-0.4, -0.2) is 47.3 Å². The van der Waals surface area contributed by atoms with Gasteiger partial charge in [-0.05, 0) is 40.5 Å². The van der Waals surface area contributed by atoms with Gasteiger partial charge in [-0.2, -0.15) is 0 Å². The number of benzene rings is 1. The molecule has 1 atom stereocenters. The van der Waals surface area contributed by atoms with Gasteiger partial charge in [-0.3, -0.25) is 9.59 Å². The lowest BCUT2D eigenvalue weighted by Crippen LogP contribution is -2.53. The number of hydrogen-bond acceptors (Lipinski definition) is 3. The second-order valence-electron chi connectivity index (χ2n) is 5.19. The van der Waals surface area contributed by atoms with Crippen molar-refractivity contribution in [3.8, 4) is 0 Å². The Kier molecular flexibility index (Phi) is 3.77. The summed E-state index contributed by atoms with van der Waals surface area (Å²) in [6.45, 7) is 1.88. The third-order valence-electron chi connectivity index (χ3n) is 3.96. The Labute approximate surface area is 131 Å². The van der Waals surface area contributed by atoms with Gasteiger partial charge >= 0.3 is 0 Å². The number of piperazine rings is 1. The van der Waals surface area contributed by atoms with E-state index in [1.165, 1.54) is 0 Å². The van der Waals surface area contributed by atoms with E-state index in [2.05, 4.69) is 28.6 Å². The van der Waals surface area contributed by atoms with Crippen molar-refractivity contribution in [1.29, 1.82) is 0 Å². The van der Waals surface area contributed by atoms with Crippen LogP contribution in [0.5, 0.6) is 0 Å². The van der Waals surface area contributed by atoms with E-state index in [1.807, 2.05) is 21.9 Å². The summed E-state index contributed by atoms with van der Waals surface area (Å²) < 4.78 is 0.783. The zero-order valence-corrected chi connectivity index (χ0v) is 13.4. The van der Waals surface area contributed by atoms with E-state index in [0.29, 0.717) is 31.6 Å². The summed E-state index contributed by atoms with van der Waals surface area (Å²) >= 11 is 7.71. The lowest BCUT2D eigenvalue weighted by molar-refractivity contribution is -0.130. The monoisotopic (exact) mass is 354 g/mol. The van der Waals surface area contributed by atoms with Crippen LogP contribution in [0.2, 0.25) is 0 Å². The van der Waals surface area contributed by atoms with E-state index in [-0.39, 0.29) is 17.9 Å². The number of amides is 2. The fraction of sp³-hybridized carbons (Fsp3) is 0.429. The Morgan fingerprint density at radius 3 is 2.95 bits per heavy atom. The van der Waals surface area contributed by atoms with Crippen LogP contribution < -0.4 is 0 Å². The van der Waals surface area contributed by atoms with Gasteiger partial charge in [0.25, 0.3) is 5.91 Å². The maximum Gasteiger partial charge on any atom is 0.255 e. The van der Waals surface area contributed by atoms with Gasteiger partial charge < -0.3 is 9.80 Å². The van der Waals surface area contributed by atoms with Crippen LogP contribution in [-0.2, 0) is 4.79 Å². The third kappa shape index (κ3) is 2.46. The van der Waals surface area contributed by atoms with Crippen molar-refractivity contribution >= 4 is 40.4 Å². The maximum absolute atomic E-state index is 12.6. The highest BCUT2D eigenvalue weighted by Gasteiger charge is 2.37. The van der Waals surface area contributed by atoms with Gasteiger partial charge in [0.15, 0.2) is 0 Å². The summed E-state index contributed by atoms with van der Waals surface area (Å²) in [5.41, 5.74) is 0.635. The van der Waals surface area contributed by atoms with Crippen molar-refractivity contribution in [3.63, 3.8) is 0 Å². The van der Waals surface area contributed by atoms with E-state index in [1.54, 1.807) is 6.07 Å². The third-order valence-corrected chi connectivity index (χ3v) is 4.93. The SMILES string of the molecule is O=C(c1cc(S)ccc1Br)N1CCN2C(=O)CCC2C1. The lowest BCUT2D eigenvalue weighted by Gasteiger charge is -2.37. The van der Waals surface area contributed by atoms with Crippen LogP contribution >= 0.6 is 28.6 Å². The smallest absolute Gasteiger partial charge is 0.255 e. The van der Waals surface area contributed by atoms with Crippen LogP contribution in [0, 0.1) is 0 Å². The maximum atomic E-state index is 12.6. The molecule has 1 aromatic rings. The van der Waals surface area contributed by atoms with Crippen molar-refractivity contribution in [2.75, 3.05) is 19.6 Å². The molecule has 0 spiro atoms. The molecule has 0 aliphatic carbocycles. The molecule has 2 heterocycles. The Morgan fingerprint density at radius 2 is 2.15 bits per heavy atom. The molecule has 2 saturated heterocycles. The number of halogens is 1. The molecule has 1 aromatic carbocycles. The van der Waals surface area contributed by atoms with Crippen LogP contribution in [0.3, 0.4) is 0 Å². The average Bonchev–Trinajstić information content (AvgIpc) is 2.82. The fourth-order valence-corrected chi connectivity index (χ4v) is 3.52. The van der Waals surface area contributed by atoms with E-state index in [9.17, 15) is 9.59 Å². The second kappa shape index (κ2) is 5.41. The fourth-order valence-electron chi connectivity index (χ4n) is 2.90. The van der Waals surface area contributed by atoms with E-state index in [4.69, 9.17) is 0 Å². The number of nitrogens with zero attached hydrogens (tertiary/aromatic N) is 2. The molecule has 0 saturated carbocycles. The minimum absolute atomic E-state index is 0.00627. The molecular weight excluding hydrogens is 340 g/mol.